The molecule has 4 heteroatoms. The largest absolute Gasteiger partial charge is 0.399 e. The fraction of sp³-hybridized carbons (Fsp3) is 0.133. The Kier molecular flexibility index (Phi) is 4.22. The summed E-state index contributed by atoms with van der Waals surface area (Å²) in [6.45, 7) is 1.93. The van der Waals surface area contributed by atoms with Gasteiger partial charge in [-0.15, -0.1) is 0 Å². The Morgan fingerprint density at radius 3 is 2.63 bits per heavy atom. The number of hydrogen-bond acceptors (Lipinski definition) is 2. The van der Waals surface area contributed by atoms with Gasteiger partial charge in [0.2, 0.25) is 0 Å². The summed E-state index contributed by atoms with van der Waals surface area (Å²) in [7, 11) is 0. The summed E-state index contributed by atoms with van der Waals surface area (Å²) in [6.07, 6.45) is 0. The molecule has 0 aromatic heterocycles. The maximum absolute atomic E-state index is 12.2. The van der Waals surface area contributed by atoms with E-state index in [4.69, 9.17) is 5.73 Å². The van der Waals surface area contributed by atoms with Crippen LogP contribution < -0.4 is 11.1 Å². The summed E-state index contributed by atoms with van der Waals surface area (Å²) in [5.41, 5.74) is 8.05. The summed E-state index contributed by atoms with van der Waals surface area (Å²) in [5, 5.41) is 2.96. The van der Waals surface area contributed by atoms with Crippen molar-refractivity contribution in [2.75, 3.05) is 5.73 Å². The van der Waals surface area contributed by atoms with Gasteiger partial charge >= 0.3 is 0 Å². The minimum atomic E-state index is -0.109. The lowest BCUT2D eigenvalue weighted by Crippen LogP contribution is -2.26. The van der Waals surface area contributed by atoms with Crippen LogP contribution in [0.15, 0.2) is 53.0 Å². The van der Waals surface area contributed by atoms with Gasteiger partial charge in [-0.1, -0.05) is 24.3 Å². The normalized spacial score (nSPS) is 11.9. The highest BCUT2D eigenvalue weighted by Gasteiger charge is 2.13. The summed E-state index contributed by atoms with van der Waals surface area (Å²) in [4.78, 5) is 12.2. The van der Waals surface area contributed by atoms with Crippen LogP contribution in [0.3, 0.4) is 0 Å². The average molecular weight is 319 g/mol. The monoisotopic (exact) mass is 318 g/mol. The van der Waals surface area contributed by atoms with E-state index in [-0.39, 0.29) is 11.9 Å². The second-order valence-corrected chi connectivity index (χ2v) is 5.20. The highest BCUT2D eigenvalue weighted by atomic mass is 79.9. The first-order valence-electron chi connectivity index (χ1n) is 5.99. The minimum Gasteiger partial charge on any atom is -0.399 e. The molecule has 1 atom stereocenters. The fourth-order valence-electron chi connectivity index (χ4n) is 1.83. The van der Waals surface area contributed by atoms with Crippen molar-refractivity contribution in [2.45, 2.75) is 13.0 Å². The molecule has 0 saturated heterocycles. The average Bonchev–Trinajstić information content (AvgIpc) is 2.39. The molecule has 2 aromatic rings. The van der Waals surface area contributed by atoms with Crippen molar-refractivity contribution >= 4 is 27.5 Å². The third-order valence-electron chi connectivity index (χ3n) is 2.88. The van der Waals surface area contributed by atoms with E-state index < -0.39 is 0 Å². The first kappa shape index (κ1) is 13.6. The van der Waals surface area contributed by atoms with E-state index in [1.54, 1.807) is 6.07 Å². The standard InChI is InChI=1S/C15H15BrN2O/c1-10(11-5-4-6-12(17)9-11)18-15(19)13-7-2-3-8-14(13)16/h2-10H,17H2,1H3,(H,18,19). The number of halogens is 1. The highest BCUT2D eigenvalue weighted by Crippen LogP contribution is 2.19. The number of rotatable bonds is 3. The van der Waals surface area contributed by atoms with Crippen LogP contribution in [0.2, 0.25) is 0 Å². The van der Waals surface area contributed by atoms with E-state index in [9.17, 15) is 4.79 Å². The molecule has 0 saturated carbocycles. The maximum atomic E-state index is 12.2. The summed E-state index contributed by atoms with van der Waals surface area (Å²) >= 11 is 3.37. The van der Waals surface area contributed by atoms with Gasteiger partial charge in [0.25, 0.3) is 5.91 Å². The molecule has 2 rings (SSSR count). The van der Waals surface area contributed by atoms with Crippen molar-refractivity contribution in [1.29, 1.82) is 0 Å². The maximum Gasteiger partial charge on any atom is 0.252 e. The summed E-state index contributed by atoms with van der Waals surface area (Å²) in [6, 6.07) is 14.8. The van der Waals surface area contributed by atoms with Crippen molar-refractivity contribution in [1.82, 2.24) is 5.32 Å². The summed E-state index contributed by atoms with van der Waals surface area (Å²) in [5.74, 6) is -0.109. The first-order chi connectivity index (χ1) is 9.08. The predicted molar refractivity (Wildman–Crippen MR) is 80.9 cm³/mol. The Morgan fingerprint density at radius 2 is 1.95 bits per heavy atom. The number of amides is 1. The van der Waals surface area contributed by atoms with E-state index >= 15 is 0 Å². The van der Waals surface area contributed by atoms with Crippen molar-refractivity contribution < 1.29 is 4.79 Å². The van der Waals surface area contributed by atoms with Crippen LogP contribution in [0.4, 0.5) is 5.69 Å². The molecule has 0 aliphatic carbocycles. The molecule has 1 amide bonds. The van der Waals surface area contributed by atoms with E-state index in [0.717, 1.165) is 10.0 Å². The predicted octanol–water partition coefficient (Wildman–Crippen LogP) is 3.52. The molecule has 19 heavy (non-hydrogen) atoms. The van der Waals surface area contributed by atoms with Crippen molar-refractivity contribution in [3.05, 3.63) is 64.1 Å². The molecule has 0 fully saturated rings. The lowest BCUT2D eigenvalue weighted by molar-refractivity contribution is 0.0939. The van der Waals surface area contributed by atoms with Crippen LogP contribution in [-0.2, 0) is 0 Å². The zero-order valence-electron chi connectivity index (χ0n) is 10.6. The van der Waals surface area contributed by atoms with E-state index in [0.29, 0.717) is 11.3 Å². The molecular formula is C15H15BrN2O. The van der Waals surface area contributed by atoms with E-state index in [1.807, 2.05) is 49.4 Å². The number of anilines is 1. The van der Waals surface area contributed by atoms with Gasteiger partial charge in [-0.3, -0.25) is 4.79 Å². The van der Waals surface area contributed by atoms with Gasteiger partial charge in [0, 0.05) is 10.2 Å². The van der Waals surface area contributed by atoms with Gasteiger partial charge in [0.1, 0.15) is 0 Å². The second kappa shape index (κ2) is 5.89. The van der Waals surface area contributed by atoms with Gasteiger partial charge in [-0.25, -0.2) is 0 Å². The zero-order chi connectivity index (χ0) is 13.8. The molecule has 3 nitrogen and oxygen atoms in total. The SMILES string of the molecule is CC(NC(=O)c1ccccc1Br)c1cccc(N)c1. The fourth-order valence-corrected chi connectivity index (χ4v) is 2.30. The zero-order valence-corrected chi connectivity index (χ0v) is 12.1. The van der Waals surface area contributed by atoms with Crippen LogP contribution >= 0.6 is 15.9 Å². The van der Waals surface area contributed by atoms with E-state index in [2.05, 4.69) is 21.2 Å². The third kappa shape index (κ3) is 3.35. The molecule has 0 aliphatic rings. The summed E-state index contributed by atoms with van der Waals surface area (Å²) < 4.78 is 0.785. The van der Waals surface area contributed by atoms with Crippen LogP contribution in [0.5, 0.6) is 0 Å². The smallest absolute Gasteiger partial charge is 0.252 e. The Labute approximate surface area is 121 Å². The van der Waals surface area contributed by atoms with Gasteiger partial charge in [0.15, 0.2) is 0 Å². The van der Waals surface area contributed by atoms with Crippen LogP contribution in [0, 0.1) is 0 Å². The number of benzene rings is 2. The molecule has 0 spiro atoms. The first-order valence-corrected chi connectivity index (χ1v) is 6.78. The quantitative estimate of drug-likeness (QED) is 0.851. The minimum absolute atomic E-state index is 0.0943. The molecule has 98 valence electrons. The molecule has 0 heterocycles. The second-order valence-electron chi connectivity index (χ2n) is 4.35. The van der Waals surface area contributed by atoms with Crippen LogP contribution in [0.25, 0.3) is 0 Å². The number of carbonyl (C=O) groups is 1. The van der Waals surface area contributed by atoms with Crippen LogP contribution in [0.1, 0.15) is 28.9 Å². The molecule has 0 aliphatic heterocycles. The highest BCUT2D eigenvalue weighted by molar-refractivity contribution is 9.10. The number of nitrogens with two attached hydrogens (primary N) is 1. The number of nitrogen functional groups attached to an aromatic ring is 1. The lowest BCUT2D eigenvalue weighted by atomic mass is 10.1. The van der Waals surface area contributed by atoms with Crippen molar-refractivity contribution in [3.8, 4) is 0 Å². The molecular weight excluding hydrogens is 304 g/mol. The Bertz CT molecular complexity index is 598. The Hall–Kier alpha value is -1.81. The van der Waals surface area contributed by atoms with Gasteiger partial charge < -0.3 is 11.1 Å². The molecule has 2 aromatic carbocycles. The van der Waals surface area contributed by atoms with Gasteiger partial charge in [-0.05, 0) is 52.7 Å². The Balaban J connectivity index is 2.13. The lowest BCUT2D eigenvalue weighted by Gasteiger charge is -2.15. The van der Waals surface area contributed by atoms with Gasteiger partial charge in [0.05, 0.1) is 11.6 Å². The number of nitrogens with one attached hydrogen (secondary N) is 1. The molecule has 0 bridgehead atoms. The number of hydrogen-bond donors (Lipinski definition) is 2. The molecule has 1 unspecified atom stereocenters. The topological polar surface area (TPSA) is 55.1 Å². The number of carbonyl (C=O) groups excluding carboxylic acids is 1. The molecule has 3 N–H and O–H groups in total. The van der Waals surface area contributed by atoms with E-state index in [1.165, 1.54) is 0 Å². The van der Waals surface area contributed by atoms with Crippen molar-refractivity contribution in [3.63, 3.8) is 0 Å². The van der Waals surface area contributed by atoms with Gasteiger partial charge in [-0.2, -0.15) is 0 Å². The molecule has 0 radical (unpaired) electrons. The Morgan fingerprint density at radius 1 is 1.21 bits per heavy atom. The van der Waals surface area contributed by atoms with Crippen LogP contribution in [-0.4, -0.2) is 5.91 Å². The van der Waals surface area contributed by atoms with Crippen molar-refractivity contribution in [2.24, 2.45) is 0 Å². The third-order valence-corrected chi connectivity index (χ3v) is 3.57.